The van der Waals surface area contributed by atoms with Crippen LogP contribution in [0.2, 0.25) is 0 Å². The Morgan fingerprint density at radius 1 is 1.18 bits per heavy atom. The lowest BCUT2D eigenvalue weighted by Gasteiger charge is -2.09. The molecule has 22 heavy (non-hydrogen) atoms. The number of ether oxygens (including phenoxy) is 1. The fourth-order valence-corrected chi connectivity index (χ4v) is 1.83. The summed E-state index contributed by atoms with van der Waals surface area (Å²) in [6.07, 6.45) is 1.71. The van der Waals surface area contributed by atoms with Crippen molar-refractivity contribution in [2.45, 2.75) is 13.8 Å². The number of methoxy groups -OCH3 is 1. The van der Waals surface area contributed by atoms with Gasteiger partial charge in [0.1, 0.15) is 11.6 Å². The number of carbonyl (C=O) groups excluding carboxylic acids is 1. The Labute approximate surface area is 130 Å². The van der Waals surface area contributed by atoms with E-state index in [-0.39, 0.29) is 5.91 Å². The molecule has 0 bridgehead atoms. The van der Waals surface area contributed by atoms with Crippen LogP contribution in [-0.4, -0.2) is 24.5 Å². The van der Waals surface area contributed by atoms with Crippen molar-refractivity contribution in [2.75, 3.05) is 24.3 Å². The number of nitrogens with zero attached hydrogens (tertiary/aromatic N) is 1. The van der Waals surface area contributed by atoms with E-state index in [1.807, 2.05) is 6.07 Å². The van der Waals surface area contributed by atoms with E-state index in [4.69, 9.17) is 4.74 Å². The van der Waals surface area contributed by atoms with E-state index >= 15 is 0 Å². The Morgan fingerprint density at radius 3 is 2.45 bits per heavy atom. The molecule has 2 aromatic rings. The first kappa shape index (κ1) is 15.8. The van der Waals surface area contributed by atoms with Gasteiger partial charge in [0.25, 0.3) is 5.91 Å². The van der Waals surface area contributed by atoms with Gasteiger partial charge in [-0.3, -0.25) is 4.79 Å². The smallest absolute Gasteiger partial charge is 0.256 e. The summed E-state index contributed by atoms with van der Waals surface area (Å²) in [6, 6.07) is 10.6. The summed E-state index contributed by atoms with van der Waals surface area (Å²) in [4.78, 5) is 16.3. The number of anilines is 2. The average molecular weight is 299 g/mol. The molecule has 0 aliphatic heterocycles. The molecule has 0 saturated carbocycles. The highest BCUT2D eigenvalue weighted by Crippen LogP contribution is 2.14. The second-order valence-electron chi connectivity index (χ2n) is 5.39. The van der Waals surface area contributed by atoms with Gasteiger partial charge in [0.15, 0.2) is 0 Å². The maximum Gasteiger partial charge on any atom is 0.256 e. The third kappa shape index (κ3) is 4.48. The third-order valence-corrected chi connectivity index (χ3v) is 3.07. The third-order valence-electron chi connectivity index (χ3n) is 3.07. The molecular formula is C17H21N3O2. The van der Waals surface area contributed by atoms with E-state index in [0.29, 0.717) is 17.3 Å². The molecule has 0 aliphatic carbocycles. The summed E-state index contributed by atoms with van der Waals surface area (Å²) >= 11 is 0. The van der Waals surface area contributed by atoms with Crippen LogP contribution in [0.1, 0.15) is 24.2 Å². The summed E-state index contributed by atoms with van der Waals surface area (Å²) in [5, 5.41) is 6.05. The van der Waals surface area contributed by atoms with Crippen molar-refractivity contribution in [2.24, 2.45) is 5.92 Å². The first-order chi connectivity index (χ1) is 10.6. The zero-order valence-corrected chi connectivity index (χ0v) is 13.1. The second kappa shape index (κ2) is 7.45. The number of rotatable bonds is 6. The van der Waals surface area contributed by atoms with Crippen molar-refractivity contribution >= 4 is 17.4 Å². The van der Waals surface area contributed by atoms with Gasteiger partial charge < -0.3 is 15.4 Å². The van der Waals surface area contributed by atoms with Crippen molar-refractivity contribution in [1.82, 2.24) is 4.98 Å². The van der Waals surface area contributed by atoms with Crippen LogP contribution in [-0.2, 0) is 0 Å². The van der Waals surface area contributed by atoms with Crippen LogP contribution >= 0.6 is 0 Å². The lowest BCUT2D eigenvalue weighted by Crippen LogP contribution is -2.13. The highest BCUT2D eigenvalue weighted by molar-refractivity contribution is 6.03. The molecule has 0 aliphatic rings. The number of nitrogens with one attached hydrogen (secondary N) is 2. The standard InChI is InChI=1S/C17H21N3O2/c1-12(2)10-18-14-6-9-16(19-11-14)20-17(21)13-4-7-15(22-3)8-5-13/h4-9,11-12,18H,10H2,1-3H3,(H,19,20,21). The second-order valence-corrected chi connectivity index (χ2v) is 5.39. The molecule has 116 valence electrons. The quantitative estimate of drug-likeness (QED) is 0.858. The van der Waals surface area contributed by atoms with Gasteiger partial charge in [0, 0.05) is 12.1 Å². The highest BCUT2D eigenvalue weighted by atomic mass is 16.5. The molecule has 0 spiro atoms. The van der Waals surface area contributed by atoms with E-state index in [1.165, 1.54) is 0 Å². The summed E-state index contributed by atoms with van der Waals surface area (Å²) in [5.41, 5.74) is 1.50. The Kier molecular flexibility index (Phi) is 5.36. The van der Waals surface area contributed by atoms with Crippen LogP contribution in [0.4, 0.5) is 11.5 Å². The number of hydrogen-bond acceptors (Lipinski definition) is 4. The Balaban J connectivity index is 1.96. The van der Waals surface area contributed by atoms with Crippen LogP contribution in [0.3, 0.4) is 0 Å². The number of hydrogen-bond donors (Lipinski definition) is 2. The molecule has 2 N–H and O–H groups in total. The first-order valence-electron chi connectivity index (χ1n) is 7.24. The van der Waals surface area contributed by atoms with Gasteiger partial charge in [-0.15, -0.1) is 0 Å². The minimum absolute atomic E-state index is 0.196. The molecule has 1 amide bonds. The summed E-state index contributed by atoms with van der Waals surface area (Å²) in [6.45, 7) is 5.17. The van der Waals surface area contributed by atoms with Gasteiger partial charge in [-0.25, -0.2) is 4.98 Å². The molecule has 0 radical (unpaired) electrons. The predicted octanol–water partition coefficient (Wildman–Crippen LogP) is 3.41. The fourth-order valence-electron chi connectivity index (χ4n) is 1.83. The average Bonchev–Trinajstić information content (AvgIpc) is 2.54. The van der Waals surface area contributed by atoms with Gasteiger partial charge >= 0.3 is 0 Å². The van der Waals surface area contributed by atoms with Crippen LogP contribution in [0.25, 0.3) is 0 Å². The first-order valence-corrected chi connectivity index (χ1v) is 7.24. The molecule has 0 saturated heterocycles. The minimum atomic E-state index is -0.196. The van der Waals surface area contributed by atoms with E-state index in [0.717, 1.165) is 18.0 Å². The summed E-state index contributed by atoms with van der Waals surface area (Å²) < 4.78 is 5.07. The molecule has 0 atom stereocenters. The monoisotopic (exact) mass is 299 g/mol. The minimum Gasteiger partial charge on any atom is -0.497 e. The number of benzene rings is 1. The van der Waals surface area contributed by atoms with E-state index in [1.54, 1.807) is 43.6 Å². The van der Waals surface area contributed by atoms with Gasteiger partial charge in [-0.2, -0.15) is 0 Å². The van der Waals surface area contributed by atoms with E-state index in [2.05, 4.69) is 29.5 Å². The molecular weight excluding hydrogens is 278 g/mol. The molecule has 0 fully saturated rings. The van der Waals surface area contributed by atoms with Crippen LogP contribution < -0.4 is 15.4 Å². The fraction of sp³-hybridized carbons (Fsp3) is 0.294. The van der Waals surface area contributed by atoms with Gasteiger partial charge in [-0.05, 0) is 42.3 Å². The lowest BCUT2D eigenvalue weighted by atomic mass is 10.2. The predicted molar refractivity (Wildman–Crippen MR) is 88.5 cm³/mol. The Bertz CT molecular complexity index is 607. The van der Waals surface area contributed by atoms with Crippen molar-refractivity contribution in [1.29, 1.82) is 0 Å². The number of amides is 1. The lowest BCUT2D eigenvalue weighted by molar-refractivity contribution is 0.102. The maximum absolute atomic E-state index is 12.1. The van der Waals surface area contributed by atoms with Crippen molar-refractivity contribution in [3.63, 3.8) is 0 Å². The molecule has 1 heterocycles. The zero-order chi connectivity index (χ0) is 15.9. The van der Waals surface area contributed by atoms with Crippen LogP contribution in [0.5, 0.6) is 5.75 Å². The van der Waals surface area contributed by atoms with Crippen LogP contribution in [0, 0.1) is 5.92 Å². The topological polar surface area (TPSA) is 63.2 Å². The zero-order valence-electron chi connectivity index (χ0n) is 13.1. The molecule has 1 aromatic heterocycles. The largest absolute Gasteiger partial charge is 0.497 e. The van der Waals surface area contributed by atoms with Crippen LogP contribution in [0.15, 0.2) is 42.6 Å². The van der Waals surface area contributed by atoms with Crippen molar-refractivity contribution in [3.8, 4) is 5.75 Å². The number of pyridine rings is 1. The van der Waals surface area contributed by atoms with E-state index < -0.39 is 0 Å². The molecule has 1 aromatic carbocycles. The molecule has 0 unspecified atom stereocenters. The summed E-state index contributed by atoms with van der Waals surface area (Å²) in [5.74, 6) is 1.61. The van der Waals surface area contributed by atoms with E-state index in [9.17, 15) is 4.79 Å². The molecule has 5 heteroatoms. The number of aromatic nitrogens is 1. The van der Waals surface area contributed by atoms with Crippen molar-refractivity contribution < 1.29 is 9.53 Å². The molecule has 2 rings (SSSR count). The maximum atomic E-state index is 12.1. The van der Waals surface area contributed by atoms with Crippen molar-refractivity contribution in [3.05, 3.63) is 48.2 Å². The van der Waals surface area contributed by atoms with Gasteiger partial charge in [-0.1, -0.05) is 13.8 Å². The van der Waals surface area contributed by atoms with Gasteiger partial charge in [0.05, 0.1) is 19.0 Å². The Morgan fingerprint density at radius 2 is 1.91 bits per heavy atom. The Hall–Kier alpha value is -2.56. The number of carbonyl (C=O) groups is 1. The van der Waals surface area contributed by atoms with Gasteiger partial charge in [0.2, 0.25) is 0 Å². The summed E-state index contributed by atoms with van der Waals surface area (Å²) in [7, 11) is 1.59. The molecule has 5 nitrogen and oxygen atoms in total. The normalized spacial score (nSPS) is 10.4. The highest BCUT2D eigenvalue weighted by Gasteiger charge is 2.07. The SMILES string of the molecule is COc1ccc(C(=O)Nc2ccc(NCC(C)C)cn2)cc1.